The summed E-state index contributed by atoms with van der Waals surface area (Å²) in [5, 5.41) is 4.80. The Morgan fingerprint density at radius 3 is 2.58 bits per heavy atom. The number of rotatable bonds is 6. The van der Waals surface area contributed by atoms with Gasteiger partial charge in [-0.2, -0.15) is 0 Å². The lowest BCUT2D eigenvalue weighted by molar-refractivity contribution is -0.115. The maximum Gasteiger partial charge on any atom is 0.264 e. The van der Waals surface area contributed by atoms with Gasteiger partial charge in [-0.15, -0.1) is 0 Å². The molecule has 0 atom stereocenters. The Kier molecular flexibility index (Phi) is 7.50. The Morgan fingerprint density at radius 1 is 1.00 bits per heavy atom. The number of nitrogens with zero attached hydrogens (tertiary/aromatic N) is 1. The summed E-state index contributed by atoms with van der Waals surface area (Å²) in [6, 6.07) is 17.8. The number of ether oxygens (including phenoxy) is 2. The number of hydrogen-bond donors (Lipinski definition) is 1. The van der Waals surface area contributed by atoms with Crippen LogP contribution in [0.5, 0.6) is 11.5 Å². The molecule has 3 aromatic rings. The second-order valence-corrected chi connectivity index (χ2v) is 9.15. The van der Waals surface area contributed by atoms with Crippen LogP contribution in [0.1, 0.15) is 11.1 Å². The van der Waals surface area contributed by atoms with E-state index < -0.39 is 0 Å². The van der Waals surface area contributed by atoms with Crippen LogP contribution in [0.2, 0.25) is 15.1 Å². The van der Waals surface area contributed by atoms with Gasteiger partial charge in [-0.3, -0.25) is 4.79 Å². The van der Waals surface area contributed by atoms with Crippen LogP contribution in [0.25, 0.3) is 6.08 Å². The van der Waals surface area contributed by atoms with E-state index in [9.17, 15) is 4.79 Å². The van der Waals surface area contributed by atoms with Gasteiger partial charge in [0.2, 0.25) is 0 Å². The van der Waals surface area contributed by atoms with Crippen molar-refractivity contribution in [3.8, 4) is 11.5 Å². The van der Waals surface area contributed by atoms with E-state index in [-0.39, 0.29) is 12.5 Å². The van der Waals surface area contributed by atoms with Gasteiger partial charge in [0.1, 0.15) is 6.61 Å². The van der Waals surface area contributed by atoms with Gasteiger partial charge in [0, 0.05) is 15.6 Å². The third-order valence-electron chi connectivity index (χ3n) is 4.61. The van der Waals surface area contributed by atoms with E-state index in [1.807, 2.05) is 24.3 Å². The Balaban J connectivity index is 1.54. The van der Waals surface area contributed by atoms with Gasteiger partial charge in [0.15, 0.2) is 16.7 Å². The molecule has 1 heterocycles. The van der Waals surface area contributed by atoms with Gasteiger partial charge in [-0.1, -0.05) is 59.1 Å². The highest BCUT2D eigenvalue weighted by Crippen LogP contribution is 2.34. The SMILES string of the molecule is COc1ccc(/C=C2/SC(=Nc3ccccc3Cl)NC2=O)cc1OCc1ccc(Cl)cc1Cl. The number of para-hydroxylation sites is 1. The van der Waals surface area contributed by atoms with Crippen molar-refractivity contribution in [2.24, 2.45) is 4.99 Å². The number of methoxy groups -OCH3 is 1. The number of carbonyl (C=O) groups excluding carboxylic acids is 1. The van der Waals surface area contributed by atoms with Gasteiger partial charge < -0.3 is 14.8 Å². The zero-order valence-corrected chi connectivity index (χ0v) is 20.4. The number of benzene rings is 3. The predicted molar refractivity (Wildman–Crippen MR) is 136 cm³/mol. The van der Waals surface area contributed by atoms with Crippen LogP contribution >= 0.6 is 46.6 Å². The molecule has 1 aliphatic heterocycles. The number of nitrogens with one attached hydrogen (secondary N) is 1. The van der Waals surface area contributed by atoms with Crippen molar-refractivity contribution < 1.29 is 14.3 Å². The van der Waals surface area contributed by atoms with E-state index in [4.69, 9.17) is 44.3 Å². The van der Waals surface area contributed by atoms with E-state index in [1.165, 1.54) is 11.8 Å². The molecule has 1 N–H and O–H groups in total. The lowest BCUT2D eigenvalue weighted by Gasteiger charge is -2.12. The lowest BCUT2D eigenvalue weighted by Crippen LogP contribution is -2.19. The Hall–Kier alpha value is -2.64. The number of halogens is 3. The van der Waals surface area contributed by atoms with Crippen LogP contribution in [-0.2, 0) is 11.4 Å². The average Bonchev–Trinajstić information content (AvgIpc) is 3.13. The number of aliphatic imine (C=N–C) groups is 1. The van der Waals surface area contributed by atoms with E-state index >= 15 is 0 Å². The minimum absolute atomic E-state index is 0.232. The highest BCUT2D eigenvalue weighted by molar-refractivity contribution is 8.18. The molecule has 168 valence electrons. The number of hydrogen-bond acceptors (Lipinski definition) is 5. The third kappa shape index (κ3) is 5.84. The molecule has 33 heavy (non-hydrogen) atoms. The summed E-state index contributed by atoms with van der Waals surface area (Å²) >= 11 is 19.6. The first-order chi connectivity index (χ1) is 15.9. The molecule has 1 aliphatic rings. The maximum absolute atomic E-state index is 12.5. The quantitative estimate of drug-likeness (QED) is 0.352. The molecule has 0 aromatic heterocycles. The van der Waals surface area contributed by atoms with Crippen molar-refractivity contribution in [2.45, 2.75) is 6.61 Å². The molecule has 1 amide bonds. The molecular weight excluding hydrogens is 503 g/mol. The normalized spacial score (nSPS) is 15.7. The molecule has 0 aliphatic carbocycles. The molecule has 0 unspecified atom stereocenters. The van der Waals surface area contributed by atoms with Gasteiger partial charge in [-0.25, -0.2) is 4.99 Å². The van der Waals surface area contributed by atoms with Crippen LogP contribution in [-0.4, -0.2) is 18.2 Å². The van der Waals surface area contributed by atoms with Gasteiger partial charge in [-0.05, 0) is 59.8 Å². The Labute approximate surface area is 210 Å². The largest absolute Gasteiger partial charge is 0.493 e. The molecule has 3 aromatic carbocycles. The van der Waals surface area contributed by atoms with Crippen LogP contribution in [0, 0.1) is 0 Å². The van der Waals surface area contributed by atoms with Crippen LogP contribution in [0.15, 0.2) is 70.6 Å². The fourth-order valence-electron chi connectivity index (χ4n) is 2.97. The van der Waals surface area contributed by atoms with Crippen molar-refractivity contribution in [2.75, 3.05) is 7.11 Å². The maximum atomic E-state index is 12.5. The number of amides is 1. The molecule has 0 spiro atoms. The molecule has 1 fully saturated rings. The number of amidine groups is 1. The third-order valence-corrected chi connectivity index (χ3v) is 6.43. The molecule has 0 bridgehead atoms. The van der Waals surface area contributed by atoms with E-state index in [2.05, 4.69) is 10.3 Å². The molecule has 0 saturated carbocycles. The summed E-state index contributed by atoms with van der Waals surface area (Å²) in [5.41, 5.74) is 2.15. The zero-order chi connectivity index (χ0) is 23.4. The monoisotopic (exact) mass is 518 g/mol. The first kappa shape index (κ1) is 23.5. The van der Waals surface area contributed by atoms with Crippen molar-refractivity contribution in [3.63, 3.8) is 0 Å². The fraction of sp³-hybridized carbons (Fsp3) is 0.0833. The summed E-state index contributed by atoms with van der Waals surface area (Å²) < 4.78 is 11.4. The highest BCUT2D eigenvalue weighted by Gasteiger charge is 2.24. The van der Waals surface area contributed by atoms with Crippen LogP contribution in [0.3, 0.4) is 0 Å². The Bertz CT molecular complexity index is 1280. The smallest absolute Gasteiger partial charge is 0.264 e. The summed E-state index contributed by atoms with van der Waals surface area (Å²) in [6.07, 6.45) is 1.76. The van der Waals surface area contributed by atoms with Gasteiger partial charge in [0.25, 0.3) is 5.91 Å². The second kappa shape index (κ2) is 10.5. The highest BCUT2D eigenvalue weighted by atomic mass is 35.5. The summed E-state index contributed by atoms with van der Waals surface area (Å²) in [7, 11) is 1.56. The van der Waals surface area contributed by atoms with E-state index in [0.717, 1.165) is 11.1 Å². The fourth-order valence-corrected chi connectivity index (χ4v) is 4.45. The molecule has 4 rings (SSSR count). The number of thioether (sulfide) groups is 1. The summed E-state index contributed by atoms with van der Waals surface area (Å²) in [6.45, 7) is 0.232. The summed E-state index contributed by atoms with van der Waals surface area (Å²) in [5.74, 6) is 0.843. The van der Waals surface area contributed by atoms with E-state index in [0.29, 0.717) is 42.3 Å². The first-order valence-corrected chi connectivity index (χ1v) is 11.7. The van der Waals surface area contributed by atoms with E-state index in [1.54, 1.807) is 49.6 Å². The first-order valence-electron chi connectivity index (χ1n) is 9.72. The molecular formula is C24H17Cl3N2O3S. The average molecular weight is 520 g/mol. The zero-order valence-electron chi connectivity index (χ0n) is 17.3. The van der Waals surface area contributed by atoms with Crippen LogP contribution < -0.4 is 14.8 Å². The van der Waals surface area contributed by atoms with Gasteiger partial charge >= 0.3 is 0 Å². The van der Waals surface area contributed by atoms with Crippen molar-refractivity contribution in [3.05, 3.63) is 91.8 Å². The minimum atomic E-state index is -0.239. The molecule has 9 heteroatoms. The second-order valence-electron chi connectivity index (χ2n) is 6.87. The Morgan fingerprint density at radius 2 is 1.82 bits per heavy atom. The summed E-state index contributed by atoms with van der Waals surface area (Å²) in [4.78, 5) is 17.4. The van der Waals surface area contributed by atoms with Crippen LogP contribution in [0.4, 0.5) is 5.69 Å². The van der Waals surface area contributed by atoms with Crippen molar-refractivity contribution >= 4 is 69.4 Å². The van der Waals surface area contributed by atoms with Crippen molar-refractivity contribution in [1.82, 2.24) is 5.32 Å². The minimum Gasteiger partial charge on any atom is -0.493 e. The topological polar surface area (TPSA) is 59.9 Å². The lowest BCUT2D eigenvalue weighted by atomic mass is 10.2. The molecule has 0 radical (unpaired) electrons. The molecule has 5 nitrogen and oxygen atoms in total. The predicted octanol–water partition coefficient (Wildman–Crippen LogP) is 7.13. The molecule has 1 saturated heterocycles. The van der Waals surface area contributed by atoms with Gasteiger partial charge in [0.05, 0.1) is 22.7 Å². The van der Waals surface area contributed by atoms with Crippen molar-refractivity contribution in [1.29, 1.82) is 0 Å². The number of carbonyl (C=O) groups is 1. The standard InChI is InChI=1S/C24H17Cl3N2O3S/c1-31-20-9-6-14(10-21(20)32-13-15-7-8-16(25)12-18(15)27)11-22-23(30)29-24(33-22)28-19-5-3-2-4-17(19)26/h2-12H,13H2,1H3,(H,28,29,30)/b22-11+.